The van der Waals surface area contributed by atoms with Crippen LogP contribution < -0.4 is 11.1 Å². The van der Waals surface area contributed by atoms with Crippen LogP contribution in [0.2, 0.25) is 0 Å². The fourth-order valence-corrected chi connectivity index (χ4v) is 3.43. The molecule has 0 bridgehead atoms. The topological polar surface area (TPSA) is 50.4 Å². The minimum Gasteiger partial charge on any atom is -0.370 e. The van der Waals surface area contributed by atoms with Gasteiger partial charge in [-0.3, -0.25) is 4.99 Å². The molecule has 6 heteroatoms. The SMILES string of the molecule is Cc1ccc(CSCCN=C(N)NCCc2cccs2)cc1.I. The highest BCUT2D eigenvalue weighted by Crippen LogP contribution is 2.12. The fraction of sp³-hybridized carbons (Fsp3) is 0.353. The number of aliphatic imine (C=N–C) groups is 1. The Morgan fingerprint density at radius 2 is 2.04 bits per heavy atom. The first-order chi connectivity index (χ1) is 10.7. The van der Waals surface area contributed by atoms with E-state index < -0.39 is 0 Å². The summed E-state index contributed by atoms with van der Waals surface area (Å²) in [7, 11) is 0. The molecule has 23 heavy (non-hydrogen) atoms. The molecule has 0 amide bonds. The molecule has 0 radical (unpaired) electrons. The maximum atomic E-state index is 5.86. The van der Waals surface area contributed by atoms with Crippen molar-refractivity contribution < 1.29 is 0 Å². The predicted octanol–water partition coefficient (Wildman–Crippen LogP) is 4.05. The van der Waals surface area contributed by atoms with Crippen molar-refractivity contribution in [1.29, 1.82) is 0 Å². The lowest BCUT2D eigenvalue weighted by Crippen LogP contribution is -2.33. The molecular weight excluding hydrogens is 437 g/mol. The van der Waals surface area contributed by atoms with Crippen molar-refractivity contribution in [3.63, 3.8) is 0 Å². The summed E-state index contributed by atoms with van der Waals surface area (Å²) in [6, 6.07) is 12.9. The van der Waals surface area contributed by atoms with Crippen LogP contribution in [0, 0.1) is 6.92 Å². The number of rotatable bonds is 8. The third-order valence-corrected chi connectivity index (χ3v) is 5.11. The zero-order valence-electron chi connectivity index (χ0n) is 13.3. The van der Waals surface area contributed by atoms with Crippen LogP contribution in [0.3, 0.4) is 0 Å². The van der Waals surface area contributed by atoms with Gasteiger partial charge in [0, 0.05) is 22.9 Å². The summed E-state index contributed by atoms with van der Waals surface area (Å²) < 4.78 is 0. The molecule has 0 aliphatic heterocycles. The van der Waals surface area contributed by atoms with E-state index in [-0.39, 0.29) is 24.0 Å². The number of thioether (sulfide) groups is 1. The summed E-state index contributed by atoms with van der Waals surface area (Å²) in [5, 5.41) is 5.26. The number of nitrogens with one attached hydrogen (secondary N) is 1. The second-order valence-corrected chi connectivity index (χ2v) is 7.20. The minimum atomic E-state index is 0. The average Bonchev–Trinajstić information content (AvgIpc) is 3.02. The Morgan fingerprint density at radius 3 is 2.74 bits per heavy atom. The van der Waals surface area contributed by atoms with Gasteiger partial charge in [0.2, 0.25) is 0 Å². The molecule has 1 aromatic heterocycles. The molecule has 126 valence electrons. The molecule has 0 unspecified atom stereocenters. The van der Waals surface area contributed by atoms with Crippen molar-refractivity contribution in [1.82, 2.24) is 5.32 Å². The predicted molar refractivity (Wildman–Crippen MR) is 115 cm³/mol. The molecule has 0 fully saturated rings. The van der Waals surface area contributed by atoms with Crippen LogP contribution >= 0.6 is 47.1 Å². The monoisotopic (exact) mass is 461 g/mol. The fourth-order valence-electron chi connectivity index (χ4n) is 1.93. The van der Waals surface area contributed by atoms with Crippen molar-refractivity contribution in [2.45, 2.75) is 19.1 Å². The summed E-state index contributed by atoms with van der Waals surface area (Å²) >= 11 is 3.66. The number of guanidine groups is 1. The first-order valence-corrected chi connectivity index (χ1v) is 9.47. The highest BCUT2D eigenvalue weighted by atomic mass is 127. The van der Waals surface area contributed by atoms with E-state index >= 15 is 0 Å². The van der Waals surface area contributed by atoms with E-state index in [1.54, 1.807) is 11.3 Å². The van der Waals surface area contributed by atoms with Crippen LogP contribution in [-0.2, 0) is 12.2 Å². The van der Waals surface area contributed by atoms with Gasteiger partial charge in [0.25, 0.3) is 0 Å². The number of hydrogen-bond acceptors (Lipinski definition) is 3. The van der Waals surface area contributed by atoms with E-state index in [1.165, 1.54) is 16.0 Å². The molecule has 2 rings (SSSR count). The lowest BCUT2D eigenvalue weighted by atomic mass is 10.2. The molecule has 0 atom stereocenters. The van der Waals surface area contributed by atoms with Gasteiger partial charge in [0.1, 0.15) is 0 Å². The largest absolute Gasteiger partial charge is 0.370 e. The van der Waals surface area contributed by atoms with Crippen LogP contribution in [0.5, 0.6) is 0 Å². The molecule has 0 saturated carbocycles. The van der Waals surface area contributed by atoms with Gasteiger partial charge < -0.3 is 11.1 Å². The standard InChI is InChI=1S/C17H23N3S2.HI/c1-14-4-6-15(7-5-14)13-21-12-10-20-17(18)19-9-8-16-3-2-11-22-16;/h2-7,11H,8-10,12-13H2,1H3,(H3,18,19,20);1H. The molecule has 3 nitrogen and oxygen atoms in total. The van der Waals surface area contributed by atoms with Gasteiger partial charge in [-0.25, -0.2) is 0 Å². The summed E-state index contributed by atoms with van der Waals surface area (Å²) in [5.74, 6) is 2.57. The van der Waals surface area contributed by atoms with Crippen molar-refractivity contribution in [3.05, 3.63) is 57.8 Å². The maximum absolute atomic E-state index is 5.86. The smallest absolute Gasteiger partial charge is 0.188 e. The van der Waals surface area contributed by atoms with Gasteiger partial charge in [-0.1, -0.05) is 35.9 Å². The van der Waals surface area contributed by atoms with E-state index in [1.807, 2.05) is 11.8 Å². The van der Waals surface area contributed by atoms with E-state index in [4.69, 9.17) is 5.73 Å². The Hall–Kier alpha value is -0.730. The van der Waals surface area contributed by atoms with Crippen molar-refractivity contribution in [2.24, 2.45) is 10.7 Å². The summed E-state index contributed by atoms with van der Waals surface area (Å²) in [6.07, 6.45) is 0.996. The third-order valence-electron chi connectivity index (χ3n) is 3.16. The molecule has 0 aliphatic carbocycles. The van der Waals surface area contributed by atoms with Crippen molar-refractivity contribution in [2.75, 3.05) is 18.8 Å². The first kappa shape index (κ1) is 20.3. The van der Waals surface area contributed by atoms with Crippen LogP contribution in [0.4, 0.5) is 0 Å². The molecule has 0 spiro atoms. The molecule has 1 aromatic carbocycles. The summed E-state index contributed by atoms with van der Waals surface area (Å²) in [6.45, 7) is 3.71. The first-order valence-electron chi connectivity index (χ1n) is 7.43. The lowest BCUT2D eigenvalue weighted by molar-refractivity contribution is 0.861. The Morgan fingerprint density at radius 1 is 1.26 bits per heavy atom. The number of halogens is 1. The number of aryl methyl sites for hydroxylation is 1. The summed E-state index contributed by atoms with van der Waals surface area (Å²) in [5.41, 5.74) is 8.52. The molecule has 2 aromatic rings. The maximum Gasteiger partial charge on any atom is 0.188 e. The highest BCUT2D eigenvalue weighted by molar-refractivity contribution is 14.0. The zero-order valence-corrected chi connectivity index (χ0v) is 17.3. The summed E-state index contributed by atoms with van der Waals surface area (Å²) in [4.78, 5) is 5.72. The molecular formula is C17H24IN3S2. The number of benzene rings is 1. The minimum absolute atomic E-state index is 0. The lowest BCUT2D eigenvalue weighted by Gasteiger charge is -2.05. The second kappa shape index (κ2) is 11.8. The zero-order chi connectivity index (χ0) is 15.6. The van der Waals surface area contributed by atoms with E-state index in [0.29, 0.717) is 5.96 Å². The van der Waals surface area contributed by atoms with Gasteiger partial charge in [-0.15, -0.1) is 35.3 Å². The van der Waals surface area contributed by atoms with E-state index in [0.717, 1.165) is 31.0 Å². The van der Waals surface area contributed by atoms with Gasteiger partial charge >= 0.3 is 0 Å². The molecule has 0 aliphatic rings. The Bertz CT molecular complexity index is 568. The molecule has 3 N–H and O–H groups in total. The average molecular weight is 461 g/mol. The van der Waals surface area contributed by atoms with Crippen LogP contribution in [0.1, 0.15) is 16.0 Å². The van der Waals surface area contributed by atoms with Crippen LogP contribution in [0.25, 0.3) is 0 Å². The normalized spacial score (nSPS) is 11.1. The second-order valence-electron chi connectivity index (χ2n) is 5.06. The van der Waals surface area contributed by atoms with Gasteiger partial charge in [-0.05, 0) is 30.4 Å². The number of nitrogens with two attached hydrogens (primary N) is 1. The van der Waals surface area contributed by atoms with E-state index in [2.05, 4.69) is 59.0 Å². The third kappa shape index (κ3) is 8.62. The van der Waals surface area contributed by atoms with Crippen molar-refractivity contribution >= 4 is 53.0 Å². The molecule has 0 saturated heterocycles. The Kier molecular flexibility index (Phi) is 10.4. The van der Waals surface area contributed by atoms with Gasteiger partial charge in [0.15, 0.2) is 5.96 Å². The number of thiophene rings is 1. The quantitative estimate of drug-likeness (QED) is 0.270. The number of hydrogen-bond donors (Lipinski definition) is 2. The molecule has 1 heterocycles. The van der Waals surface area contributed by atoms with E-state index in [9.17, 15) is 0 Å². The Balaban J connectivity index is 0.00000264. The van der Waals surface area contributed by atoms with Crippen LogP contribution in [0.15, 0.2) is 46.8 Å². The number of nitrogens with zero attached hydrogens (tertiary/aromatic N) is 1. The highest BCUT2D eigenvalue weighted by Gasteiger charge is 1.96. The van der Waals surface area contributed by atoms with Crippen molar-refractivity contribution in [3.8, 4) is 0 Å². The Labute approximate surface area is 164 Å². The van der Waals surface area contributed by atoms with Gasteiger partial charge in [0.05, 0.1) is 6.54 Å². The van der Waals surface area contributed by atoms with Gasteiger partial charge in [-0.2, -0.15) is 11.8 Å². The van der Waals surface area contributed by atoms with Crippen LogP contribution in [-0.4, -0.2) is 24.8 Å².